The van der Waals surface area contributed by atoms with Gasteiger partial charge in [-0.3, -0.25) is 24.1 Å². The van der Waals surface area contributed by atoms with E-state index in [9.17, 15) is 19.2 Å². The number of rotatable bonds is 6. The highest BCUT2D eigenvalue weighted by molar-refractivity contribution is 8.18. The number of carbonyl (C=O) groups excluding carboxylic acids is 4. The number of amides is 4. The van der Waals surface area contributed by atoms with E-state index in [0.29, 0.717) is 26.3 Å². The second kappa shape index (κ2) is 11.3. The van der Waals surface area contributed by atoms with E-state index >= 15 is 0 Å². The molecule has 1 aromatic heterocycles. The number of para-hydroxylation sites is 1. The van der Waals surface area contributed by atoms with E-state index in [0.717, 1.165) is 70.9 Å². The van der Waals surface area contributed by atoms with Gasteiger partial charge in [-0.05, 0) is 56.0 Å². The molecule has 202 valence electrons. The third kappa shape index (κ3) is 5.24. The molecule has 2 aromatic rings. The summed E-state index contributed by atoms with van der Waals surface area (Å²) < 4.78 is 7.26. The number of morpholine rings is 1. The number of imide groups is 1. The molecule has 0 spiro atoms. The zero-order chi connectivity index (χ0) is 26.8. The first-order valence-electron chi connectivity index (χ1n) is 13.4. The first-order valence-corrected chi connectivity index (χ1v) is 14.2. The number of ether oxygens (including phenoxy) is 1. The van der Waals surface area contributed by atoms with Gasteiger partial charge < -0.3 is 19.1 Å². The first-order chi connectivity index (χ1) is 18.4. The molecule has 1 atom stereocenters. The van der Waals surface area contributed by atoms with Crippen molar-refractivity contribution in [1.29, 1.82) is 0 Å². The van der Waals surface area contributed by atoms with Crippen LogP contribution in [0.2, 0.25) is 0 Å². The maximum Gasteiger partial charge on any atom is 0.294 e. The number of hydrogen-bond donors (Lipinski definition) is 0. The van der Waals surface area contributed by atoms with Crippen LogP contribution in [0.1, 0.15) is 44.2 Å². The topological polar surface area (TPSA) is 92.2 Å². The third-order valence-electron chi connectivity index (χ3n) is 7.64. The lowest BCUT2D eigenvalue weighted by molar-refractivity contribution is -0.139. The standard InChI is InChI=1S/C28H34N4O5S/c1-3-20-8-6-9-22-21(16-30(26(20)22)17-25(34)31-10-5-4-7-19(31)2)15-23-27(35)32(28(36)38-23)18-24(33)29-11-13-37-14-12-29/h6,8-9,15-16,19H,3-5,7,10-14,17-18H2,1-2H3/b23-15-/t19-/m0/s1. The highest BCUT2D eigenvalue weighted by Gasteiger charge is 2.37. The van der Waals surface area contributed by atoms with Crippen LogP contribution in [0.3, 0.4) is 0 Å². The van der Waals surface area contributed by atoms with Gasteiger partial charge in [-0.25, -0.2) is 0 Å². The van der Waals surface area contributed by atoms with Crippen molar-refractivity contribution in [3.05, 3.63) is 40.4 Å². The molecule has 4 amide bonds. The van der Waals surface area contributed by atoms with Crippen LogP contribution in [0.4, 0.5) is 4.79 Å². The lowest BCUT2D eigenvalue weighted by atomic mass is 10.0. The van der Waals surface area contributed by atoms with E-state index in [4.69, 9.17) is 4.74 Å². The summed E-state index contributed by atoms with van der Waals surface area (Å²) in [6.07, 6.45) is 7.62. The summed E-state index contributed by atoms with van der Waals surface area (Å²) in [5.41, 5.74) is 2.87. The van der Waals surface area contributed by atoms with Crippen molar-refractivity contribution in [3.8, 4) is 0 Å². The minimum Gasteiger partial charge on any atom is -0.378 e. The summed E-state index contributed by atoms with van der Waals surface area (Å²) in [6.45, 7) is 6.74. The van der Waals surface area contributed by atoms with Crippen molar-refractivity contribution in [2.24, 2.45) is 0 Å². The Bertz CT molecular complexity index is 1300. The van der Waals surface area contributed by atoms with Crippen LogP contribution in [0.25, 0.3) is 17.0 Å². The van der Waals surface area contributed by atoms with Crippen LogP contribution >= 0.6 is 11.8 Å². The Morgan fingerprint density at radius 1 is 1.08 bits per heavy atom. The first kappa shape index (κ1) is 26.5. The van der Waals surface area contributed by atoms with E-state index in [1.165, 1.54) is 0 Å². The van der Waals surface area contributed by atoms with Crippen LogP contribution in [0, 0.1) is 0 Å². The highest BCUT2D eigenvalue weighted by atomic mass is 32.2. The van der Waals surface area contributed by atoms with Crippen molar-refractivity contribution in [1.82, 2.24) is 19.3 Å². The van der Waals surface area contributed by atoms with Gasteiger partial charge >= 0.3 is 0 Å². The molecule has 0 bridgehead atoms. The fraction of sp³-hybridized carbons (Fsp3) is 0.500. The average molecular weight is 539 g/mol. The molecule has 10 heteroatoms. The molecular formula is C28H34N4O5S. The number of nitrogens with zero attached hydrogens (tertiary/aromatic N) is 4. The van der Waals surface area contributed by atoms with Crippen molar-refractivity contribution < 1.29 is 23.9 Å². The predicted octanol–water partition coefficient (Wildman–Crippen LogP) is 3.50. The quantitative estimate of drug-likeness (QED) is 0.523. The van der Waals surface area contributed by atoms with Crippen LogP contribution in [0.15, 0.2) is 29.3 Å². The number of aromatic nitrogens is 1. The number of aryl methyl sites for hydroxylation is 1. The summed E-state index contributed by atoms with van der Waals surface area (Å²) in [5.74, 6) is -0.632. The van der Waals surface area contributed by atoms with Gasteiger partial charge in [-0.15, -0.1) is 0 Å². The molecule has 0 N–H and O–H groups in total. The Labute approximate surface area is 226 Å². The highest BCUT2D eigenvalue weighted by Crippen LogP contribution is 2.35. The number of likely N-dealkylation sites (tertiary alicyclic amines) is 1. The molecule has 9 nitrogen and oxygen atoms in total. The molecular weight excluding hydrogens is 504 g/mol. The van der Waals surface area contributed by atoms with Gasteiger partial charge in [0.2, 0.25) is 11.8 Å². The predicted molar refractivity (Wildman–Crippen MR) is 146 cm³/mol. The van der Waals surface area contributed by atoms with Gasteiger partial charge in [0, 0.05) is 42.8 Å². The molecule has 1 aromatic carbocycles. The number of hydrogen-bond acceptors (Lipinski definition) is 6. The smallest absolute Gasteiger partial charge is 0.294 e. The van der Waals surface area contributed by atoms with Crippen LogP contribution in [0.5, 0.6) is 0 Å². The molecule has 4 heterocycles. The molecule has 0 unspecified atom stereocenters. The number of benzene rings is 1. The third-order valence-corrected chi connectivity index (χ3v) is 8.55. The average Bonchev–Trinajstić information content (AvgIpc) is 3.40. The Balaban J connectivity index is 1.41. The minimum atomic E-state index is -0.465. The van der Waals surface area contributed by atoms with Crippen molar-refractivity contribution in [2.45, 2.75) is 52.1 Å². The maximum absolute atomic E-state index is 13.3. The van der Waals surface area contributed by atoms with Crippen LogP contribution in [-0.2, 0) is 32.1 Å². The Morgan fingerprint density at radius 3 is 2.61 bits per heavy atom. The van der Waals surface area contributed by atoms with Crippen LogP contribution < -0.4 is 0 Å². The molecule has 3 saturated heterocycles. The lowest BCUT2D eigenvalue weighted by Gasteiger charge is -2.33. The summed E-state index contributed by atoms with van der Waals surface area (Å²) >= 11 is 0.849. The van der Waals surface area contributed by atoms with Gasteiger partial charge in [0.15, 0.2) is 0 Å². The summed E-state index contributed by atoms with van der Waals surface area (Å²) in [6, 6.07) is 6.25. The normalized spacial score (nSPS) is 21.7. The number of piperidine rings is 1. The summed E-state index contributed by atoms with van der Waals surface area (Å²) in [7, 11) is 0. The SMILES string of the molecule is CCc1cccc2c(/C=C3\SC(=O)N(CC(=O)N4CCOCC4)C3=O)cn(CC(=O)N3CCCC[C@@H]3C)c12. The van der Waals surface area contributed by atoms with E-state index in [2.05, 4.69) is 19.9 Å². The zero-order valence-corrected chi connectivity index (χ0v) is 22.8. The molecule has 3 aliphatic rings. The zero-order valence-electron chi connectivity index (χ0n) is 22.0. The lowest BCUT2D eigenvalue weighted by Crippen LogP contribution is -2.46. The van der Waals surface area contributed by atoms with E-state index in [1.807, 2.05) is 27.8 Å². The maximum atomic E-state index is 13.3. The minimum absolute atomic E-state index is 0.0912. The van der Waals surface area contributed by atoms with Gasteiger partial charge in [0.25, 0.3) is 11.1 Å². The van der Waals surface area contributed by atoms with Gasteiger partial charge in [-0.1, -0.05) is 25.1 Å². The molecule has 5 rings (SSSR count). The van der Waals surface area contributed by atoms with E-state index < -0.39 is 11.1 Å². The second-order valence-corrected chi connectivity index (χ2v) is 11.1. The molecule has 0 saturated carbocycles. The number of thioether (sulfide) groups is 1. The summed E-state index contributed by atoms with van der Waals surface area (Å²) in [4.78, 5) is 56.7. The largest absolute Gasteiger partial charge is 0.378 e. The Morgan fingerprint density at radius 2 is 1.87 bits per heavy atom. The van der Waals surface area contributed by atoms with Gasteiger partial charge in [-0.2, -0.15) is 0 Å². The van der Waals surface area contributed by atoms with Crippen molar-refractivity contribution in [2.75, 3.05) is 39.4 Å². The van der Waals surface area contributed by atoms with E-state index in [1.54, 1.807) is 11.0 Å². The fourth-order valence-electron chi connectivity index (χ4n) is 5.52. The van der Waals surface area contributed by atoms with Gasteiger partial charge in [0.05, 0.1) is 23.6 Å². The fourth-order valence-corrected chi connectivity index (χ4v) is 6.35. The molecule has 3 aliphatic heterocycles. The second-order valence-electron chi connectivity index (χ2n) is 10.1. The Hall–Kier alpha value is -3.11. The molecule has 3 fully saturated rings. The molecule has 38 heavy (non-hydrogen) atoms. The summed E-state index contributed by atoms with van der Waals surface area (Å²) in [5, 5.41) is 0.482. The Kier molecular flexibility index (Phi) is 7.90. The monoisotopic (exact) mass is 538 g/mol. The van der Waals surface area contributed by atoms with E-state index in [-0.39, 0.29) is 35.9 Å². The van der Waals surface area contributed by atoms with Crippen molar-refractivity contribution >= 4 is 51.7 Å². The van der Waals surface area contributed by atoms with Crippen LogP contribution in [-0.4, -0.2) is 87.7 Å². The number of carbonyl (C=O) groups is 4. The number of fused-ring (bicyclic) bond motifs is 1. The molecule has 0 aliphatic carbocycles. The van der Waals surface area contributed by atoms with Crippen molar-refractivity contribution in [3.63, 3.8) is 0 Å². The van der Waals surface area contributed by atoms with Gasteiger partial charge in [0.1, 0.15) is 13.1 Å². The molecule has 0 radical (unpaired) electrons.